The SMILES string of the molecule is Cc1ccc(C(=O)NC2(CN)CCC(C)CC2)o1. The van der Waals surface area contributed by atoms with Crippen LogP contribution in [0, 0.1) is 12.8 Å². The van der Waals surface area contributed by atoms with Crippen LogP contribution in [0.3, 0.4) is 0 Å². The van der Waals surface area contributed by atoms with Crippen LogP contribution in [0.5, 0.6) is 0 Å². The highest BCUT2D eigenvalue weighted by atomic mass is 16.3. The van der Waals surface area contributed by atoms with Crippen molar-refractivity contribution in [2.24, 2.45) is 11.7 Å². The molecule has 1 aromatic rings. The van der Waals surface area contributed by atoms with E-state index in [1.54, 1.807) is 12.1 Å². The first-order chi connectivity index (χ1) is 8.54. The Morgan fingerprint density at radius 1 is 1.50 bits per heavy atom. The van der Waals surface area contributed by atoms with Gasteiger partial charge < -0.3 is 15.5 Å². The van der Waals surface area contributed by atoms with E-state index in [1.807, 2.05) is 6.92 Å². The predicted octanol–water partition coefficient (Wildman–Crippen LogP) is 2.23. The van der Waals surface area contributed by atoms with Crippen molar-refractivity contribution in [1.82, 2.24) is 5.32 Å². The van der Waals surface area contributed by atoms with Gasteiger partial charge in [-0.2, -0.15) is 0 Å². The third-order valence-corrected chi connectivity index (χ3v) is 3.96. The Balaban J connectivity index is 2.04. The predicted molar refractivity (Wildman–Crippen MR) is 70.3 cm³/mol. The van der Waals surface area contributed by atoms with E-state index in [-0.39, 0.29) is 11.4 Å². The normalized spacial score (nSPS) is 28.1. The minimum absolute atomic E-state index is 0.150. The summed E-state index contributed by atoms with van der Waals surface area (Å²) in [4.78, 5) is 12.1. The van der Waals surface area contributed by atoms with Gasteiger partial charge in [0.25, 0.3) is 5.91 Å². The van der Waals surface area contributed by atoms with Gasteiger partial charge in [0.2, 0.25) is 0 Å². The Morgan fingerprint density at radius 2 is 2.17 bits per heavy atom. The van der Waals surface area contributed by atoms with Crippen LogP contribution in [0.4, 0.5) is 0 Å². The third kappa shape index (κ3) is 2.75. The average molecular weight is 250 g/mol. The Kier molecular flexibility index (Phi) is 3.76. The molecule has 0 spiro atoms. The molecule has 0 atom stereocenters. The molecule has 0 saturated heterocycles. The second-order valence-corrected chi connectivity index (χ2v) is 5.53. The van der Waals surface area contributed by atoms with E-state index in [9.17, 15) is 4.79 Å². The zero-order valence-electron chi connectivity index (χ0n) is 11.2. The molecule has 4 heteroatoms. The molecule has 100 valence electrons. The average Bonchev–Trinajstić information content (AvgIpc) is 2.79. The lowest BCUT2D eigenvalue weighted by Crippen LogP contribution is -2.55. The molecule has 0 radical (unpaired) electrons. The Morgan fingerprint density at radius 3 is 2.67 bits per heavy atom. The molecule has 18 heavy (non-hydrogen) atoms. The van der Waals surface area contributed by atoms with Gasteiger partial charge in [-0.15, -0.1) is 0 Å². The fourth-order valence-corrected chi connectivity index (χ4v) is 2.55. The summed E-state index contributed by atoms with van der Waals surface area (Å²) in [7, 11) is 0. The van der Waals surface area contributed by atoms with Crippen LogP contribution < -0.4 is 11.1 Å². The highest BCUT2D eigenvalue weighted by Crippen LogP contribution is 2.31. The van der Waals surface area contributed by atoms with Crippen molar-refractivity contribution in [2.45, 2.75) is 45.1 Å². The van der Waals surface area contributed by atoms with E-state index < -0.39 is 0 Å². The smallest absolute Gasteiger partial charge is 0.287 e. The van der Waals surface area contributed by atoms with Gasteiger partial charge in [0, 0.05) is 6.54 Å². The maximum absolute atomic E-state index is 12.1. The molecule has 4 nitrogen and oxygen atoms in total. The van der Waals surface area contributed by atoms with Crippen molar-refractivity contribution in [3.63, 3.8) is 0 Å². The Hall–Kier alpha value is -1.29. The summed E-state index contributed by atoms with van der Waals surface area (Å²) in [5.41, 5.74) is 5.62. The molecule has 2 rings (SSSR count). The summed E-state index contributed by atoms with van der Waals surface area (Å²) in [6, 6.07) is 3.51. The standard InChI is InChI=1S/C14H22N2O2/c1-10-5-7-14(9-15,8-6-10)16-13(17)12-4-3-11(2)18-12/h3-4,10H,5-9,15H2,1-2H3,(H,16,17). The topological polar surface area (TPSA) is 68.3 Å². The third-order valence-electron chi connectivity index (χ3n) is 3.96. The lowest BCUT2D eigenvalue weighted by Gasteiger charge is -2.39. The molecule has 1 amide bonds. The number of carbonyl (C=O) groups excluding carboxylic acids is 1. The fourth-order valence-electron chi connectivity index (χ4n) is 2.55. The lowest BCUT2D eigenvalue weighted by molar-refractivity contribution is 0.0830. The number of furan rings is 1. The van der Waals surface area contributed by atoms with Gasteiger partial charge in [-0.1, -0.05) is 6.92 Å². The lowest BCUT2D eigenvalue weighted by atomic mass is 9.77. The highest BCUT2D eigenvalue weighted by molar-refractivity contribution is 5.92. The number of rotatable bonds is 3. The van der Waals surface area contributed by atoms with Crippen molar-refractivity contribution in [1.29, 1.82) is 0 Å². The monoisotopic (exact) mass is 250 g/mol. The first kappa shape index (κ1) is 13.1. The zero-order chi connectivity index (χ0) is 13.2. The van der Waals surface area contributed by atoms with Gasteiger partial charge in [-0.3, -0.25) is 4.79 Å². The molecule has 1 aliphatic carbocycles. The number of aryl methyl sites for hydroxylation is 1. The maximum atomic E-state index is 12.1. The Bertz CT molecular complexity index is 417. The van der Waals surface area contributed by atoms with Gasteiger partial charge in [0.1, 0.15) is 5.76 Å². The summed E-state index contributed by atoms with van der Waals surface area (Å²) in [6.45, 7) is 4.57. The summed E-state index contributed by atoms with van der Waals surface area (Å²) in [6.07, 6.45) is 4.15. The van der Waals surface area contributed by atoms with Crippen LogP contribution in [-0.4, -0.2) is 18.0 Å². The molecule has 1 saturated carbocycles. The summed E-state index contributed by atoms with van der Waals surface area (Å²) >= 11 is 0. The van der Waals surface area contributed by atoms with Crippen molar-refractivity contribution < 1.29 is 9.21 Å². The largest absolute Gasteiger partial charge is 0.456 e. The van der Waals surface area contributed by atoms with Crippen LogP contribution >= 0.6 is 0 Å². The van der Waals surface area contributed by atoms with Gasteiger partial charge in [0.05, 0.1) is 5.54 Å². The van der Waals surface area contributed by atoms with Crippen molar-refractivity contribution in [3.05, 3.63) is 23.7 Å². The Labute approximate surface area is 108 Å². The molecule has 0 aromatic carbocycles. The van der Waals surface area contributed by atoms with E-state index in [0.717, 1.165) is 37.4 Å². The van der Waals surface area contributed by atoms with Crippen LogP contribution in [-0.2, 0) is 0 Å². The van der Waals surface area contributed by atoms with Crippen molar-refractivity contribution >= 4 is 5.91 Å². The van der Waals surface area contributed by atoms with E-state index in [1.165, 1.54) is 0 Å². The second-order valence-electron chi connectivity index (χ2n) is 5.53. The number of hydrogen-bond donors (Lipinski definition) is 2. The summed E-state index contributed by atoms with van der Waals surface area (Å²) in [5.74, 6) is 1.70. The number of amides is 1. The van der Waals surface area contributed by atoms with E-state index in [2.05, 4.69) is 12.2 Å². The second kappa shape index (κ2) is 5.14. The van der Waals surface area contributed by atoms with Crippen molar-refractivity contribution in [2.75, 3.05) is 6.54 Å². The molecule has 1 aromatic heterocycles. The van der Waals surface area contributed by atoms with Crippen LogP contribution in [0.25, 0.3) is 0 Å². The number of carbonyl (C=O) groups is 1. The minimum atomic E-state index is -0.246. The summed E-state index contributed by atoms with van der Waals surface area (Å²) < 4.78 is 5.34. The van der Waals surface area contributed by atoms with E-state index >= 15 is 0 Å². The van der Waals surface area contributed by atoms with Crippen molar-refractivity contribution in [3.8, 4) is 0 Å². The molecule has 0 bridgehead atoms. The first-order valence-corrected chi connectivity index (χ1v) is 6.64. The van der Waals surface area contributed by atoms with Crippen LogP contribution in [0.1, 0.15) is 48.9 Å². The molecule has 3 N–H and O–H groups in total. The number of nitrogens with one attached hydrogen (secondary N) is 1. The molecule has 1 aliphatic rings. The molecule has 0 aliphatic heterocycles. The molecule has 0 unspecified atom stereocenters. The molecule has 1 heterocycles. The highest BCUT2D eigenvalue weighted by Gasteiger charge is 2.35. The van der Waals surface area contributed by atoms with Gasteiger partial charge in [0.15, 0.2) is 5.76 Å². The molecule has 1 fully saturated rings. The van der Waals surface area contributed by atoms with Gasteiger partial charge >= 0.3 is 0 Å². The fraction of sp³-hybridized carbons (Fsp3) is 0.643. The molecular weight excluding hydrogens is 228 g/mol. The quantitative estimate of drug-likeness (QED) is 0.864. The molecular formula is C14H22N2O2. The van der Waals surface area contributed by atoms with E-state index in [4.69, 9.17) is 10.2 Å². The van der Waals surface area contributed by atoms with E-state index in [0.29, 0.717) is 12.3 Å². The maximum Gasteiger partial charge on any atom is 0.287 e. The minimum Gasteiger partial charge on any atom is -0.456 e. The van der Waals surface area contributed by atoms with Crippen LogP contribution in [0.15, 0.2) is 16.5 Å². The number of nitrogens with two attached hydrogens (primary N) is 1. The summed E-state index contributed by atoms with van der Waals surface area (Å²) in [5, 5.41) is 3.07. The number of hydrogen-bond acceptors (Lipinski definition) is 3. The first-order valence-electron chi connectivity index (χ1n) is 6.64. The van der Waals surface area contributed by atoms with Gasteiger partial charge in [-0.05, 0) is 50.7 Å². The zero-order valence-corrected chi connectivity index (χ0v) is 11.2. The van der Waals surface area contributed by atoms with Crippen LogP contribution in [0.2, 0.25) is 0 Å². The van der Waals surface area contributed by atoms with Gasteiger partial charge in [-0.25, -0.2) is 0 Å².